The quantitative estimate of drug-likeness (QED) is 0.402. The summed E-state index contributed by atoms with van der Waals surface area (Å²) in [4.78, 5) is 28.4. The Balaban J connectivity index is 1.57. The number of carbonyl (C=O) groups is 1. The molecule has 170 valence electrons. The van der Waals surface area contributed by atoms with Gasteiger partial charge in [-0.15, -0.1) is 0 Å². The number of anilines is 1. The maximum Gasteiger partial charge on any atom is 0.342 e. The van der Waals surface area contributed by atoms with Gasteiger partial charge in [0.05, 0.1) is 17.8 Å². The molecule has 1 aliphatic rings. The van der Waals surface area contributed by atoms with E-state index in [1.807, 2.05) is 36.4 Å². The number of likely N-dealkylation sites (tertiary alicyclic amines) is 1. The Bertz CT molecular complexity index is 1210. The van der Waals surface area contributed by atoms with Gasteiger partial charge >= 0.3 is 5.97 Å². The number of hydrogen-bond acceptors (Lipinski definition) is 6. The van der Waals surface area contributed by atoms with Crippen molar-refractivity contribution in [2.75, 3.05) is 38.1 Å². The van der Waals surface area contributed by atoms with Gasteiger partial charge in [-0.25, -0.2) is 4.79 Å². The summed E-state index contributed by atoms with van der Waals surface area (Å²) >= 11 is 0. The molecule has 0 spiro atoms. The summed E-state index contributed by atoms with van der Waals surface area (Å²) < 4.78 is 6.94. The lowest BCUT2D eigenvalue weighted by Crippen LogP contribution is -2.29. The van der Waals surface area contributed by atoms with E-state index in [4.69, 9.17) is 4.74 Å². The molecule has 33 heavy (non-hydrogen) atoms. The zero-order valence-corrected chi connectivity index (χ0v) is 18.6. The van der Waals surface area contributed by atoms with Crippen LogP contribution in [0.2, 0.25) is 0 Å². The lowest BCUT2D eigenvalue weighted by atomic mass is 10.1. The smallest absolute Gasteiger partial charge is 0.342 e. The topological polar surface area (TPSA) is 86.8 Å². The molecule has 0 aliphatic carbocycles. The molecule has 3 heterocycles. The van der Waals surface area contributed by atoms with Crippen LogP contribution in [0.1, 0.15) is 40.7 Å². The van der Waals surface area contributed by atoms with Gasteiger partial charge in [-0.1, -0.05) is 36.4 Å². The average molecular weight is 445 g/mol. The van der Waals surface area contributed by atoms with Crippen molar-refractivity contribution in [2.45, 2.75) is 25.7 Å². The Morgan fingerprint density at radius 2 is 1.85 bits per heavy atom. The summed E-state index contributed by atoms with van der Waals surface area (Å²) in [7, 11) is 0. The van der Waals surface area contributed by atoms with Gasteiger partial charge in [0.2, 0.25) is 0 Å². The maximum absolute atomic E-state index is 13.2. The van der Waals surface area contributed by atoms with Gasteiger partial charge in [-0.3, -0.25) is 9.20 Å². The van der Waals surface area contributed by atoms with E-state index in [9.17, 15) is 14.9 Å². The molecule has 1 aromatic carbocycles. The number of pyridine rings is 2. The predicted molar refractivity (Wildman–Crippen MR) is 128 cm³/mol. The zero-order chi connectivity index (χ0) is 23.0. The lowest BCUT2D eigenvalue weighted by molar-refractivity contribution is 0.0503. The molecule has 7 heteroatoms. The number of aromatic nitrogens is 1. The summed E-state index contributed by atoms with van der Waals surface area (Å²) in [6, 6.07) is 17.2. The second kappa shape index (κ2) is 10.8. The van der Waals surface area contributed by atoms with Crippen LogP contribution in [0.5, 0.6) is 0 Å². The Kier molecular flexibility index (Phi) is 7.38. The fourth-order valence-electron chi connectivity index (χ4n) is 4.29. The van der Waals surface area contributed by atoms with Crippen LogP contribution < -0.4 is 10.9 Å². The normalized spacial score (nSPS) is 13.7. The molecule has 0 bridgehead atoms. The van der Waals surface area contributed by atoms with Crippen molar-refractivity contribution in [1.82, 2.24) is 9.30 Å². The SMILES string of the molecule is N#Cc1c(NCCN2CCCC2)c(C(=O)OCCCc2ccccc2)c2ccccn2c1=O. The third-order valence-electron chi connectivity index (χ3n) is 5.98. The van der Waals surface area contributed by atoms with Crippen molar-refractivity contribution in [3.05, 3.63) is 81.8 Å². The number of nitrogens with one attached hydrogen (secondary N) is 1. The number of benzene rings is 1. The van der Waals surface area contributed by atoms with Gasteiger partial charge in [0.15, 0.2) is 0 Å². The van der Waals surface area contributed by atoms with Gasteiger partial charge in [0, 0.05) is 19.3 Å². The van der Waals surface area contributed by atoms with Crippen LogP contribution in [0.3, 0.4) is 0 Å². The average Bonchev–Trinajstić information content (AvgIpc) is 3.36. The summed E-state index contributed by atoms with van der Waals surface area (Å²) in [5, 5.41) is 13.0. The molecule has 1 fully saturated rings. The van der Waals surface area contributed by atoms with Gasteiger partial charge in [0.1, 0.15) is 17.2 Å². The second-order valence-corrected chi connectivity index (χ2v) is 8.20. The number of fused-ring (bicyclic) bond motifs is 1. The lowest BCUT2D eigenvalue weighted by Gasteiger charge is -2.19. The van der Waals surface area contributed by atoms with Crippen molar-refractivity contribution >= 4 is 17.2 Å². The van der Waals surface area contributed by atoms with E-state index in [0.717, 1.165) is 26.1 Å². The van der Waals surface area contributed by atoms with Crippen LogP contribution in [0.15, 0.2) is 59.5 Å². The van der Waals surface area contributed by atoms with E-state index < -0.39 is 11.5 Å². The molecule has 0 atom stereocenters. The van der Waals surface area contributed by atoms with Crippen molar-refractivity contribution in [1.29, 1.82) is 5.26 Å². The van der Waals surface area contributed by atoms with Crippen LogP contribution in [-0.4, -0.2) is 48.1 Å². The zero-order valence-electron chi connectivity index (χ0n) is 18.6. The molecule has 1 N–H and O–H groups in total. The highest BCUT2D eigenvalue weighted by Gasteiger charge is 2.24. The number of nitriles is 1. The molecule has 3 aromatic rings. The number of rotatable bonds is 9. The Hall–Kier alpha value is -3.63. The number of ether oxygens (including phenoxy) is 1. The molecule has 0 unspecified atom stereocenters. The third-order valence-corrected chi connectivity index (χ3v) is 5.98. The summed E-state index contributed by atoms with van der Waals surface area (Å²) in [6.07, 6.45) is 5.41. The molecular formula is C26H28N4O3. The van der Waals surface area contributed by atoms with E-state index in [-0.39, 0.29) is 23.4 Å². The summed E-state index contributed by atoms with van der Waals surface area (Å²) in [6.45, 7) is 3.66. The van der Waals surface area contributed by atoms with E-state index in [1.54, 1.807) is 24.4 Å². The van der Waals surface area contributed by atoms with E-state index in [1.165, 1.54) is 22.8 Å². The van der Waals surface area contributed by atoms with Gasteiger partial charge in [0.25, 0.3) is 5.56 Å². The number of aryl methyl sites for hydroxylation is 1. The highest BCUT2D eigenvalue weighted by Crippen LogP contribution is 2.24. The summed E-state index contributed by atoms with van der Waals surface area (Å²) in [5.74, 6) is -0.535. The molecule has 0 amide bonds. The highest BCUT2D eigenvalue weighted by molar-refractivity contribution is 6.04. The van der Waals surface area contributed by atoms with Crippen LogP contribution in [0, 0.1) is 11.3 Å². The van der Waals surface area contributed by atoms with Crippen molar-refractivity contribution < 1.29 is 9.53 Å². The second-order valence-electron chi connectivity index (χ2n) is 8.20. The number of nitrogens with zero attached hydrogens (tertiary/aromatic N) is 3. The largest absolute Gasteiger partial charge is 0.462 e. The fraction of sp³-hybridized carbons (Fsp3) is 0.346. The number of carbonyl (C=O) groups excluding carboxylic acids is 1. The minimum absolute atomic E-state index is 0.0728. The Labute approximate surface area is 193 Å². The Morgan fingerprint density at radius 1 is 1.09 bits per heavy atom. The molecule has 2 aromatic heterocycles. The standard InChI is InChI=1S/C26H28N4O3/c27-19-21-24(28-13-17-29-14-6-7-15-29)23(22-12-4-5-16-30(22)25(21)31)26(32)33-18-8-11-20-9-2-1-3-10-20/h1-5,9-10,12,16,28H,6-8,11,13-15,17-18H2. The maximum atomic E-state index is 13.2. The molecule has 0 radical (unpaired) electrons. The minimum atomic E-state index is -0.535. The predicted octanol–water partition coefficient (Wildman–Crippen LogP) is 3.47. The van der Waals surface area contributed by atoms with Crippen molar-refractivity contribution in [3.63, 3.8) is 0 Å². The van der Waals surface area contributed by atoms with Gasteiger partial charge < -0.3 is 15.0 Å². The van der Waals surface area contributed by atoms with Crippen LogP contribution >= 0.6 is 0 Å². The fourth-order valence-corrected chi connectivity index (χ4v) is 4.29. The van der Waals surface area contributed by atoms with E-state index in [0.29, 0.717) is 18.5 Å². The van der Waals surface area contributed by atoms with Crippen LogP contribution in [0.4, 0.5) is 5.69 Å². The monoisotopic (exact) mass is 444 g/mol. The first-order chi connectivity index (χ1) is 16.2. The first-order valence-electron chi connectivity index (χ1n) is 11.4. The third kappa shape index (κ3) is 5.24. The molecule has 1 aliphatic heterocycles. The molecule has 0 saturated carbocycles. The minimum Gasteiger partial charge on any atom is -0.462 e. The summed E-state index contributed by atoms with van der Waals surface area (Å²) in [5.41, 5.74) is 1.59. The van der Waals surface area contributed by atoms with Crippen LogP contribution in [0.25, 0.3) is 5.52 Å². The van der Waals surface area contributed by atoms with Gasteiger partial charge in [-0.2, -0.15) is 5.26 Å². The van der Waals surface area contributed by atoms with Crippen molar-refractivity contribution in [2.24, 2.45) is 0 Å². The molecule has 4 rings (SSSR count). The molecule has 7 nitrogen and oxygen atoms in total. The van der Waals surface area contributed by atoms with E-state index in [2.05, 4.69) is 10.2 Å². The van der Waals surface area contributed by atoms with Crippen LogP contribution in [-0.2, 0) is 11.2 Å². The first kappa shape index (κ1) is 22.6. The van der Waals surface area contributed by atoms with Crippen molar-refractivity contribution in [3.8, 4) is 6.07 Å². The number of hydrogen-bond donors (Lipinski definition) is 1. The number of esters is 1. The van der Waals surface area contributed by atoms with E-state index >= 15 is 0 Å². The molecular weight excluding hydrogens is 416 g/mol. The highest BCUT2D eigenvalue weighted by atomic mass is 16.5. The molecule has 1 saturated heterocycles. The Morgan fingerprint density at radius 3 is 2.61 bits per heavy atom. The van der Waals surface area contributed by atoms with Gasteiger partial charge in [-0.05, 0) is 56.5 Å². The first-order valence-corrected chi connectivity index (χ1v) is 11.4.